The Morgan fingerprint density at radius 3 is 2.67 bits per heavy atom. The molecule has 5 nitrogen and oxygen atoms in total. The van der Waals surface area contributed by atoms with Gasteiger partial charge in [-0.15, -0.1) is 11.6 Å². The van der Waals surface area contributed by atoms with E-state index in [1.54, 1.807) is 6.07 Å². The van der Waals surface area contributed by atoms with E-state index in [1.165, 1.54) is 5.56 Å². The molecule has 1 aliphatic rings. The quantitative estimate of drug-likeness (QED) is 0.414. The molecule has 0 bridgehead atoms. The summed E-state index contributed by atoms with van der Waals surface area (Å²) in [6.07, 6.45) is 1.91. The lowest BCUT2D eigenvalue weighted by Crippen LogP contribution is -2.41. The number of fused-ring (bicyclic) bond motifs is 1. The Labute approximate surface area is 165 Å². The van der Waals surface area contributed by atoms with Crippen LogP contribution in [0.5, 0.6) is 0 Å². The van der Waals surface area contributed by atoms with E-state index in [4.69, 9.17) is 11.6 Å². The average Bonchev–Trinajstić information content (AvgIpc) is 2.67. The van der Waals surface area contributed by atoms with Crippen LogP contribution in [-0.2, 0) is 18.8 Å². The van der Waals surface area contributed by atoms with Gasteiger partial charge in [0.05, 0.1) is 10.8 Å². The number of rotatable bonds is 7. The van der Waals surface area contributed by atoms with Crippen molar-refractivity contribution >= 4 is 23.0 Å². The van der Waals surface area contributed by atoms with E-state index >= 15 is 0 Å². The highest BCUT2D eigenvalue weighted by Gasteiger charge is 2.25. The van der Waals surface area contributed by atoms with Gasteiger partial charge in [0.1, 0.15) is 0 Å². The minimum atomic E-state index is -0.348. The fourth-order valence-corrected chi connectivity index (χ4v) is 3.83. The standard InChI is InChI=1S/C21H26ClN3O2/c1-15(2)24(13-16-6-4-3-5-7-16)14-19-9-8-17-10-18(12-22)21(25(26)27)11-20(17)23-19/h3-7,10-11,15,19,23H,8-9,12-14H2,1-2H3. The first-order valence-corrected chi connectivity index (χ1v) is 9.92. The first-order chi connectivity index (χ1) is 13.0. The van der Waals surface area contributed by atoms with E-state index in [1.807, 2.05) is 12.1 Å². The fraction of sp³-hybridized carbons (Fsp3) is 0.429. The van der Waals surface area contributed by atoms with Crippen LogP contribution in [0, 0.1) is 10.1 Å². The number of aryl methyl sites for hydroxylation is 1. The third-order valence-electron chi connectivity index (χ3n) is 5.18. The smallest absolute Gasteiger partial charge is 0.275 e. The first kappa shape index (κ1) is 19.6. The number of nitrogens with one attached hydrogen (secondary N) is 1. The molecule has 0 saturated carbocycles. The molecule has 1 unspecified atom stereocenters. The predicted molar refractivity (Wildman–Crippen MR) is 110 cm³/mol. The zero-order valence-corrected chi connectivity index (χ0v) is 16.6. The van der Waals surface area contributed by atoms with Gasteiger partial charge in [0.25, 0.3) is 5.69 Å². The van der Waals surface area contributed by atoms with E-state index in [0.29, 0.717) is 11.6 Å². The second-order valence-corrected chi connectivity index (χ2v) is 7.68. The average molecular weight is 388 g/mol. The van der Waals surface area contributed by atoms with Crippen molar-refractivity contribution < 1.29 is 4.92 Å². The van der Waals surface area contributed by atoms with Gasteiger partial charge >= 0.3 is 0 Å². The predicted octanol–water partition coefficient (Wildman–Crippen LogP) is 4.97. The lowest BCUT2D eigenvalue weighted by molar-refractivity contribution is -0.385. The van der Waals surface area contributed by atoms with Gasteiger partial charge in [0, 0.05) is 42.5 Å². The van der Waals surface area contributed by atoms with Crippen molar-refractivity contribution in [3.63, 3.8) is 0 Å². The third-order valence-corrected chi connectivity index (χ3v) is 5.47. The largest absolute Gasteiger partial charge is 0.381 e. The van der Waals surface area contributed by atoms with Crippen LogP contribution in [-0.4, -0.2) is 28.5 Å². The number of nitro benzene ring substituents is 1. The number of hydrogen-bond donors (Lipinski definition) is 1. The molecule has 144 valence electrons. The van der Waals surface area contributed by atoms with Gasteiger partial charge in [-0.05, 0) is 43.9 Å². The summed E-state index contributed by atoms with van der Waals surface area (Å²) in [6, 6.07) is 14.7. The summed E-state index contributed by atoms with van der Waals surface area (Å²) in [4.78, 5) is 13.4. The lowest BCUT2D eigenvalue weighted by atomic mass is 9.95. The van der Waals surface area contributed by atoms with Gasteiger partial charge in [-0.25, -0.2) is 0 Å². The van der Waals surface area contributed by atoms with Crippen molar-refractivity contribution in [1.82, 2.24) is 4.90 Å². The Hall–Kier alpha value is -2.11. The molecule has 3 rings (SSSR count). The van der Waals surface area contributed by atoms with E-state index in [0.717, 1.165) is 37.2 Å². The summed E-state index contributed by atoms with van der Waals surface area (Å²) in [5.41, 5.74) is 3.97. The molecule has 0 fully saturated rings. The maximum absolute atomic E-state index is 11.3. The molecule has 1 N–H and O–H groups in total. The number of nitrogens with zero attached hydrogens (tertiary/aromatic N) is 2. The summed E-state index contributed by atoms with van der Waals surface area (Å²) < 4.78 is 0. The number of alkyl halides is 1. The Bertz CT molecular complexity index is 796. The zero-order valence-electron chi connectivity index (χ0n) is 15.8. The summed E-state index contributed by atoms with van der Waals surface area (Å²) >= 11 is 5.90. The first-order valence-electron chi connectivity index (χ1n) is 9.38. The second kappa shape index (κ2) is 8.72. The van der Waals surface area contributed by atoms with Crippen molar-refractivity contribution in [2.75, 3.05) is 11.9 Å². The normalized spacial score (nSPS) is 16.3. The van der Waals surface area contributed by atoms with Gasteiger partial charge in [0.15, 0.2) is 0 Å². The topological polar surface area (TPSA) is 58.4 Å². The van der Waals surface area contributed by atoms with E-state index in [-0.39, 0.29) is 22.5 Å². The molecular formula is C21H26ClN3O2. The highest BCUT2D eigenvalue weighted by Crippen LogP contribution is 2.33. The van der Waals surface area contributed by atoms with Crippen LogP contribution in [0.1, 0.15) is 37.0 Å². The molecule has 2 aromatic rings. The summed E-state index contributed by atoms with van der Waals surface area (Å²) in [5, 5.41) is 14.9. The molecule has 0 aliphatic carbocycles. The Balaban J connectivity index is 1.74. The SMILES string of the molecule is CC(C)N(Cc1ccccc1)CC1CCc2cc(CCl)c([N+](=O)[O-])cc2N1. The van der Waals surface area contributed by atoms with Crippen LogP contribution in [0.15, 0.2) is 42.5 Å². The van der Waals surface area contributed by atoms with Gasteiger partial charge in [-0.2, -0.15) is 0 Å². The molecule has 1 aliphatic heterocycles. The van der Waals surface area contributed by atoms with Crippen LogP contribution in [0.3, 0.4) is 0 Å². The molecule has 0 spiro atoms. The van der Waals surface area contributed by atoms with Crippen LogP contribution in [0.4, 0.5) is 11.4 Å². The summed E-state index contributed by atoms with van der Waals surface area (Å²) in [7, 11) is 0. The maximum atomic E-state index is 11.3. The van der Waals surface area contributed by atoms with Crippen molar-refractivity contribution in [3.05, 3.63) is 69.3 Å². The van der Waals surface area contributed by atoms with Crippen molar-refractivity contribution in [2.45, 2.75) is 51.2 Å². The molecule has 1 heterocycles. The van der Waals surface area contributed by atoms with Crippen LogP contribution in [0.25, 0.3) is 0 Å². The van der Waals surface area contributed by atoms with Crippen molar-refractivity contribution in [2.24, 2.45) is 0 Å². The van der Waals surface area contributed by atoms with E-state index < -0.39 is 0 Å². The van der Waals surface area contributed by atoms with E-state index in [2.05, 4.69) is 48.3 Å². The molecule has 27 heavy (non-hydrogen) atoms. The van der Waals surface area contributed by atoms with Gasteiger partial charge in [0.2, 0.25) is 0 Å². The molecule has 0 aromatic heterocycles. The monoisotopic (exact) mass is 387 g/mol. The molecule has 6 heteroatoms. The second-order valence-electron chi connectivity index (χ2n) is 7.42. The molecule has 0 saturated heterocycles. The Kier molecular flexibility index (Phi) is 6.34. The summed E-state index contributed by atoms with van der Waals surface area (Å²) in [5.74, 6) is 0.158. The minimum absolute atomic E-state index is 0.0990. The van der Waals surface area contributed by atoms with Gasteiger partial charge < -0.3 is 5.32 Å². The number of halogens is 1. The summed E-state index contributed by atoms with van der Waals surface area (Å²) in [6.45, 7) is 6.21. The third kappa shape index (κ3) is 4.79. The molecule has 2 aromatic carbocycles. The fourth-order valence-electron chi connectivity index (χ4n) is 3.62. The van der Waals surface area contributed by atoms with Crippen LogP contribution >= 0.6 is 11.6 Å². The number of nitro groups is 1. The van der Waals surface area contributed by atoms with Crippen LogP contribution in [0.2, 0.25) is 0 Å². The molecule has 1 atom stereocenters. The Morgan fingerprint density at radius 2 is 2.04 bits per heavy atom. The molecule has 0 amide bonds. The number of benzene rings is 2. The van der Waals surface area contributed by atoms with Gasteiger partial charge in [-0.1, -0.05) is 30.3 Å². The zero-order chi connectivity index (χ0) is 19.4. The highest BCUT2D eigenvalue weighted by atomic mass is 35.5. The van der Waals surface area contributed by atoms with Crippen LogP contribution < -0.4 is 5.32 Å². The minimum Gasteiger partial charge on any atom is -0.381 e. The Morgan fingerprint density at radius 1 is 1.30 bits per heavy atom. The van der Waals surface area contributed by atoms with Crippen molar-refractivity contribution in [3.8, 4) is 0 Å². The van der Waals surface area contributed by atoms with E-state index in [9.17, 15) is 10.1 Å². The van der Waals surface area contributed by atoms with Crippen molar-refractivity contribution in [1.29, 1.82) is 0 Å². The number of hydrogen-bond acceptors (Lipinski definition) is 4. The molecule has 0 radical (unpaired) electrons. The highest BCUT2D eigenvalue weighted by molar-refractivity contribution is 6.17. The van der Waals surface area contributed by atoms with Gasteiger partial charge in [-0.3, -0.25) is 15.0 Å². The molecular weight excluding hydrogens is 362 g/mol. The maximum Gasteiger partial charge on any atom is 0.275 e. The lowest BCUT2D eigenvalue weighted by Gasteiger charge is -2.34. The number of anilines is 1.